The van der Waals surface area contributed by atoms with Crippen LogP contribution in [0, 0.1) is 11.3 Å². The molecule has 228 valence electrons. The van der Waals surface area contributed by atoms with Crippen molar-refractivity contribution in [3.63, 3.8) is 0 Å². The maximum Gasteiger partial charge on any atom is 0.255 e. The smallest absolute Gasteiger partial charge is 0.255 e. The molecule has 2 aliphatic heterocycles. The van der Waals surface area contributed by atoms with Crippen molar-refractivity contribution < 1.29 is 28.2 Å². The predicted molar refractivity (Wildman–Crippen MR) is 164 cm³/mol. The number of aromatic nitrogens is 2. The summed E-state index contributed by atoms with van der Waals surface area (Å²) in [4.78, 5) is 24.5. The lowest BCUT2D eigenvalue weighted by atomic mass is 10.0. The minimum Gasteiger partial charge on any atom is -0.494 e. The summed E-state index contributed by atoms with van der Waals surface area (Å²) >= 11 is 0. The minimum atomic E-state index is -0.106. The summed E-state index contributed by atoms with van der Waals surface area (Å²) in [6.07, 6.45) is 6.83. The average Bonchev–Trinajstić information content (AvgIpc) is 3.50. The van der Waals surface area contributed by atoms with Gasteiger partial charge in [-0.3, -0.25) is 9.78 Å². The number of hydrogen-bond donors (Lipinski definition) is 0. The Hall–Kier alpha value is -4.46. The number of furan rings is 1. The van der Waals surface area contributed by atoms with Crippen molar-refractivity contribution >= 4 is 17.0 Å². The highest BCUT2D eigenvalue weighted by molar-refractivity contribution is 5.96. The summed E-state index contributed by atoms with van der Waals surface area (Å²) in [5.74, 6) is 1.33. The molecular weight excluding hydrogens is 560 g/mol. The van der Waals surface area contributed by atoms with Crippen LogP contribution >= 0.6 is 0 Å². The number of amides is 1. The minimum absolute atomic E-state index is 0.0290. The van der Waals surface area contributed by atoms with Gasteiger partial charge in [-0.05, 0) is 43.2 Å². The molecule has 2 unspecified atom stereocenters. The van der Waals surface area contributed by atoms with Crippen molar-refractivity contribution in [1.82, 2.24) is 14.9 Å². The van der Waals surface area contributed by atoms with Gasteiger partial charge in [0.1, 0.15) is 34.9 Å². The number of rotatable bonds is 8. The molecule has 3 aromatic heterocycles. The molecule has 0 bridgehead atoms. The number of carbonyl (C=O) groups excluding carboxylic acids is 1. The monoisotopic (exact) mass is 596 g/mol. The van der Waals surface area contributed by atoms with Gasteiger partial charge in [0.15, 0.2) is 11.3 Å². The van der Waals surface area contributed by atoms with Crippen LogP contribution in [0.3, 0.4) is 0 Å². The first-order valence-corrected chi connectivity index (χ1v) is 15.1. The SMILES string of the molecule is CCCC1CN(C(=O)c2cnc(-c3cc4nccc(-c5ccc(OC6CCOCC6)c(C#N)c5)c4o3)c(OC)c2)C(C)CO1. The van der Waals surface area contributed by atoms with Gasteiger partial charge in [-0.25, -0.2) is 4.98 Å². The quantitative estimate of drug-likeness (QED) is 0.240. The molecule has 0 N–H and O–H groups in total. The number of benzene rings is 1. The van der Waals surface area contributed by atoms with Crippen LogP contribution in [-0.2, 0) is 9.47 Å². The number of fused-ring (bicyclic) bond motifs is 1. The van der Waals surface area contributed by atoms with Crippen LogP contribution in [-0.4, -0.2) is 72.5 Å². The summed E-state index contributed by atoms with van der Waals surface area (Å²) in [5, 5.41) is 9.89. The van der Waals surface area contributed by atoms with Gasteiger partial charge in [-0.15, -0.1) is 0 Å². The van der Waals surface area contributed by atoms with E-state index in [1.54, 1.807) is 31.6 Å². The topological polar surface area (TPSA) is 120 Å². The van der Waals surface area contributed by atoms with E-state index in [-0.39, 0.29) is 24.2 Å². The summed E-state index contributed by atoms with van der Waals surface area (Å²) < 4.78 is 29.5. The summed E-state index contributed by atoms with van der Waals surface area (Å²) in [7, 11) is 1.54. The van der Waals surface area contributed by atoms with Crippen LogP contribution in [0.5, 0.6) is 11.5 Å². The number of hydrogen-bond acceptors (Lipinski definition) is 9. The van der Waals surface area contributed by atoms with E-state index < -0.39 is 0 Å². The van der Waals surface area contributed by atoms with E-state index in [9.17, 15) is 10.1 Å². The summed E-state index contributed by atoms with van der Waals surface area (Å²) in [6.45, 7) is 6.48. The molecule has 0 aliphatic carbocycles. The van der Waals surface area contributed by atoms with Crippen LogP contribution in [0.15, 0.2) is 53.2 Å². The Morgan fingerprint density at radius 3 is 2.75 bits per heavy atom. The molecule has 2 atom stereocenters. The zero-order valence-corrected chi connectivity index (χ0v) is 25.2. The van der Waals surface area contributed by atoms with Gasteiger partial charge >= 0.3 is 0 Å². The Morgan fingerprint density at radius 1 is 1.14 bits per heavy atom. The molecule has 1 aromatic carbocycles. The normalized spacial score (nSPS) is 19.1. The van der Waals surface area contributed by atoms with Gasteiger partial charge in [0.05, 0.1) is 50.2 Å². The van der Waals surface area contributed by atoms with Crippen LogP contribution in [0.1, 0.15) is 55.5 Å². The molecule has 6 rings (SSSR count). The molecule has 4 aromatic rings. The number of pyridine rings is 2. The Labute approximate surface area is 256 Å². The molecule has 1 amide bonds. The third-order valence-electron chi connectivity index (χ3n) is 8.21. The first-order valence-electron chi connectivity index (χ1n) is 15.1. The molecule has 0 radical (unpaired) electrons. The fraction of sp³-hybridized carbons (Fsp3) is 0.412. The van der Waals surface area contributed by atoms with Crippen LogP contribution in [0.2, 0.25) is 0 Å². The third-order valence-corrected chi connectivity index (χ3v) is 8.21. The number of ether oxygens (including phenoxy) is 4. The fourth-order valence-electron chi connectivity index (χ4n) is 5.81. The molecule has 2 fully saturated rings. The van der Waals surface area contributed by atoms with E-state index in [0.717, 1.165) is 36.8 Å². The van der Waals surface area contributed by atoms with E-state index in [4.69, 9.17) is 23.4 Å². The van der Waals surface area contributed by atoms with Gasteiger partial charge in [0.25, 0.3) is 5.91 Å². The van der Waals surface area contributed by atoms with Crippen molar-refractivity contribution in [2.45, 2.75) is 57.8 Å². The lowest BCUT2D eigenvalue weighted by Crippen LogP contribution is -2.51. The van der Waals surface area contributed by atoms with E-state index in [2.05, 4.69) is 23.0 Å². The highest BCUT2D eigenvalue weighted by Crippen LogP contribution is 2.38. The lowest BCUT2D eigenvalue weighted by molar-refractivity contribution is -0.0501. The van der Waals surface area contributed by atoms with Crippen molar-refractivity contribution in [3.8, 4) is 40.1 Å². The van der Waals surface area contributed by atoms with Crippen molar-refractivity contribution in [3.05, 3.63) is 59.9 Å². The average molecular weight is 597 g/mol. The largest absolute Gasteiger partial charge is 0.494 e. The molecule has 10 nitrogen and oxygen atoms in total. The third kappa shape index (κ3) is 5.98. The van der Waals surface area contributed by atoms with Gasteiger partial charge in [-0.1, -0.05) is 19.4 Å². The predicted octanol–water partition coefficient (Wildman–Crippen LogP) is 6.02. The van der Waals surface area contributed by atoms with Gasteiger partial charge in [-0.2, -0.15) is 5.26 Å². The Morgan fingerprint density at radius 2 is 1.98 bits per heavy atom. The van der Waals surface area contributed by atoms with Crippen molar-refractivity contribution in [2.75, 3.05) is 33.5 Å². The van der Waals surface area contributed by atoms with Crippen LogP contribution < -0.4 is 9.47 Å². The second kappa shape index (κ2) is 13.0. The van der Waals surface area contributed by atoms with E-state index >= 15 is 0 Å². The molecule has 5 heterocycles. The van der Waals surface area contributed by atoms with Crippen LogP contribution in [0.4, 0.5) is 0 Å². The number of methoxy groups -OCH3 is 1. The number of morpholine rings is 1. The first kappa shape index (κ1) is 29.6. The van der Waals surface area contributed by atoms with Crippen molar-refractivity contribution in [1.29, 1.82) is 5.26 Å². The molecule has 2 saturated heterocycles. The molecule has 2 aliphatic rings. The molecule has 10 heteroatoms. The molecule has 0 spiro atoms. The van der Waals surface area contributed by atoms with Crippen molar-refractivity contribution in [2.24, 2.45) is 0 Å². The van der Waals surface area contributed by atoms with Gasteiger partial charge < -0.3 is 28.3 Å². The standard InChI is InChI=1S/C34H36N4O6/c1-4-5-26-19-38(21(2)20-42-26)34(39)24-15-30(40-3)32(37-18-24)31-16-28-33(44-31)27(8-11-36-28)22-6-7-29(23(14-22)17-35)43-25-9-12-41-13-10-25/h6-8,11,14-16,18,21,25-26H,4-5,9-10,12-13,19-20H2,1-3H3. The number of nitriles is 1. The van der Waals surface area contributed by atoms with E-state index in [0.29, 0.717) is 71.5 Å². The lowest BCUT2D eigenvalue weighted by Gasteiger charge is -2.38. The Bertz CT molecular complexity index is 1690. The number of nitrogens with zero attached hydrogens (tertiary/aromatic N) is 4. The van der Waals surface area contributed by atoms with Gasteiger partial charge in [0.2, 0.25) is 0 Å². The Kier molecular flexibility index (Phi) is 8.77. The Balaban J connectivity index is 1.29. The molecule has 0 saturated carbocycles. The number of carbonyl (C=O) groups is 1. The second-order valence-corrected chi connectivity index (χ2v) is 11.3. The highest BCUT2D eigenvalue weighted by Gasteiger charge is 2.31. The maximum absolute atomic E-state index is 13.5. The molecular formula is C34H36N4O6. The maximum atomic E-state index is 13.5. The van der Waals surface area contributed by atoms with Gasteiger partial charge in [0, 0.05) is 43.4 Å². The molecule has 44 heavy (non-hydrogen) atoms. The summed E-state index contributed by atoms with van der Waals surface area (Å²) in [6, 6.07) is 13.2. The first-order chi connectivity index (χ1) is 21.5. The summed E-state index contributed by atoms with van der Waals surface area (Å²) in [5.41, 5.74) is 4.12. The van der Waals surface area contributed by atoms with E-state index in [1.807, 2.05) is 36.1 Å². The zero-order chi connectivity index (χ0) is 30.6. The fourth-order valence-corrected chi connectivity index (χ4v) is 5.81. The van der Waals surface area contributed by atoms with E-state index in [1.165, 1.54) is 0 Å². The van der Waals surface area contributed by atoms with Crippen LogP contribution in [0.25, 0.3) is 33.7 Å². The highest BCUT2D eigenvalue weighted by atomic mass is 16.5. The second-order valence-electron chi connectivity index (χ2n) is 11.3. The zero-order valence-electron chi connectivity index (χ0n) is 25.2.